The van der Waals surface area contributed by atoms with Crippen molar-refractivity contribution in [2.75, 3.05) is 26.2 Å². The summed E-state index contributed by atoms with van der Waals surface area (Å²) in [6.45, 7) is 14.8. The summed E-state index contributed by atoms with van der Waals surface area (Å²) in [6.07, 6.45) is 1.28. The minimum atomic E-state index is 0.321. The lowest BCUT2D eigenvalue weighted by Crippen LogP contribution is -2.46. The van der Waals surface area contributed by atoms with Gasteiger partial charge < -0.3 is 9.47 Å². The minimum absolute atomic E-state index is 0.321. The lowest BCUT2D eigenvalue weighted by Gasteiger charge is -2.37. The van der Waals surface area contributed by atoms with Crippen molar-refractivity contribution in [1.29, 1.82) is 0 Å². The molecule has 1 aromatic rings. The molecule has 4 atom stereocenters. The van der Waals surface area contributed by atoms with E-state index >= 15 is 0 Å². The van der Waals surface area contributed by atoms with Crippen molar-refractivity contribution >= 4 is 0 Å². The molecule has 0 aromatic heterocycles. The molecule has 2 fully saturated rings. The summed E-state index contributed by atoms with van der Waals surface area (Å²) < 4.78 is 11.7. The number of morpholine rings is 2. The Labute approximate surface area is 146 Å². The maximum Gasteiger partial charge on any atom is 0.0678 e. The van der Waals surface area contributed by atoms with Crippen LogP contribution in [0.15, 0.2) is 24.3 Å². The molecule has 0 unspecified atom stereocenters. The summed E-state index contributed by atoms with van der Waals surface area (Å²) in [7, 11) is 0. The SMILES string of the molecule is C[C@@H]1CN(Cc2ccccc2CN2C[C@@H](C)O[C@@H](C)C2)C[C@@H](C)O1. The molecular formula is C20H32N2O2. The van der Waals surface area contributed by atoms with E-state index in [2.05, 4.69) is 61.8 Å². The fourth-order valence-corrected chi connectivity index (χ4v) is 4.17. The predicted octanol–water partition coefficient (Wildman–Crippen LogP) is 2.91. The Morgan fingerprint density at radius 3 is 1.38 bits per heavy atom. The quantitative estimate of drug-likeness (QED) is 0.846. The van der Waals surface area contributed by atoms with E-state index < -0.39 is 0 Å². The number of benzene rings is 1. The Hall–Kier alpha value is -0.940. The number of hydrogen-bond acceptors (Lipinski definition) is 4. The highest BCUT2D eigenvalue weighted by molar-refractivity contribution is 5.27. The van der Waals surface area contributed by atoms with Crippen molar-refractivity contribution in [2.45, 2.75) is 65.2 Å². The Balaban J connectivity index is 1.66. The molecule has 134 valence electrons. The van der Waals surface area contributed by atoms with Gasteiger partial charge in [-0.2, -0.15) is 0 Å². The predicted molar refractivity (Wildman–Crippen MR) is 97.0 cm³/mol. The van der Waals surface area contributed by atoms with Crippen LogP contribution in [0.3, 0.4) is 0 Å². The molecule has 4 nitrogen and oxygen atoms in total. The van der Waals surface area contributed by atoms with Gasteiger partial charge in [0.15, 0.2) is 0 Å². The van der Waals surface area contributed by atoms with Gasteiger partial charge >= 0.3 is 0 Å². The molecule has 0 amide bonds. The summed E-state index contributed by atoms with van der Waals surface area (Å²) in [4.78, 5) is 5.06. The van der Waals surface area contributed by atoms with Crippen molar-refractivity contribution in [3.63, 3.8) is 0 Å². The molecule has 0 N–H and O–H groups in total. The first-order chi connectivity index (χ1) is 11.5. The van der Waals surface area contributed by atoms with Gasteiger partial charge in [0.2, 0.25) is 0 Å². The molecule has 0 bridgehead atoms. The Morgan fingerprint density at radius 2 is 1.04 bits per heavy atom. The average molecular weight is 332 g/mol. The molecule has 2 heterocycles. The first-order valence-corrected chi connectivity index (χ1v) is 9.32. The maximum absolute atomic E-state index is 5.87. The van der Waals surface area contributed by atoms with Crippen LogP contribution in [-0.2, 0) is 22.6 Å². The second-order valence-electron chi connectivity index (χ2n) is 7.67. The van der Waals surface area contributed by atoms with Crippen LogP contribution in [0.4, 0.5) is 0 Å². The van der Waals surface area contributed by atoms with Gasteiger partial charge in [-0.15, -0.1) is 0 Å². The summed E-state index contributed by atoms with van der Waals surface area (Å²) in [5.41, 5.74) is 2.90. The van der Waals surface area contributed by atoms with Crippen molar-refractivity contribution < 1.29 is 9.47 Å². The summed E-state index contributed by atoms with van der Waals surface area (Å²) >= 11 is 0. The lowest BCUT2D eigenvalue weighted by atomic mass is 10.0. The van der Waals surface area contributed by atoms with E-state index in [1.165, 1.54) is 11.1 Å². The topological polar surface area (TPSA) is 24.9 Å². The second kappa shape index (κ2) is 7.96. The minimum Gasteiger partial charge on any atom is -0.373 e. The molecule has 0 spiro atoms. The van der Waals surface area contributed by atoms with Crippen molar-refractivity contribution in [3.05, 3.63) is 35.4 Å². The van der Waals surface area contributed by atoms with Crippen molar-refractivity contribution in [1.82, 2.24) is 9.80 Å². The van der Waals surface area contributed by atoms with E-state index in [1.807, 2.05) is 0 Å². The average Bonchev–Trinajstić information content (AvgIpc) is 2.47. The molecule has 2 aliphatic rings. The van der Waals surface area contributed by atoms with Gasteiger partial charge in [0.25, 0.3) is 0 Å². The van der Waals surface area contributed by atoms with Crippen LogP contribution < -0.4 is 0 Å². The fraction of sp³-hybridized carbons (Fsp3) is 0.700. The highest BCUT2D eigenvalue weighted by Gasteiger charge is 2.25. The highest BCUT2D eigenvalue weighted by Crippen LogP contribution is 2.20. The highest BCUT2D eigenvalue weighted by atomic mass is 16.5. The maximum atomic E-state index is 5.87. The zero-order valence-corrected chi connectivity index (χ0v) is 15.6. The molecule has 4 heteroatoms. The zero-order valence-electron chi connectivity index (χ0n) is 15.6. The molecule has 1 aromatic carbocycles. The van der Waals surface area contributed by atoms with Crippen LogP contribution in [0.25, 0.3) is 0 Å². The summed E-state index contributed by atoms with van der Waals surface area (Å²) in [6, 6.07) is 8.90. The molecule has 2 saturated heterocycles. The standard InChI is InChI=1S/C20H32N2O2/c1-15-9-21(10-16(2)23-15)13-19-7-5-6-8-20(19)14-22-11-17(3)24-18(4)12-22/h5-8,15-18H,9-14H2,1-4H3/t15-,16-,17-,18+/m1/s1. The van der Waals surface area contributed by atoms with Crippen LogP contribution in [0.2, 0.25) is 0 Å². The van der Waals surface area contributed by atoms with E-state index in [4.69, 9.17) is 9.47 Å². The second-order valence-corrected chi connectivity index (χ2v) is 7.67. The third kappa shape index (κ3) is 4.79. The van der Waals surface area contributed by atoms with Crippen LogP contribution in [0.5, 0.6) is 0 Å². The lowest BCUT2D eigenvalue weighted by molar-refractivity contribution is -0.0725. The summed E-state index contributed by atoms with van der Waals surface area (Å²) in [5.74, 6) is 0. The normalized spacial score (nSPS) is 32.8. The largest absolute Gasteiger partial charge is 0.373 e. The number of rotatable bonds is 4. The Kier molecular flexibility index (Phi) is 5.93. The van der Waals surface area contributed by atoms with Gasteiger partial charge in [0.05, 0.1) is 24.4 Å². The van der Waals surface area contributed by atoms with E-state index in [0.717, 1.165) is 39.3 Å². The van der Waals surface area contributed by atoms with Crippen molar-refractivity contribution in [2.24, 2.45) is 0 Å². The molecule has 2 aliphatic heterocycles. The molecule has 0 radical (unpaired) electrons. The van der Waals surface area contributed by atoms with Gasteiger partial charge in [-0.05, 0) is 38.8 Å². The van der Waals surface area contributed by atoms with Crippen LogP contribution >= 0.6 is 0 Å². The molecule has 24 heavy (non-hydrogen) atoms. The van der Waals surface area contributed by atoms with Gasteiger partial charge in [0.1, 0.15) is 0 Å². The number of nitrogens with zero attached hydrogens (tertiary/aromatic N) is 2. The number of hydrogen-bond donors (Lipinski definition) is 0. The summed E-state index contributed by atoms with van der Waals surface area (Å²) in [5, 5.41) is 0. The number of ether oxygens (including phenoxy) is 2. The fourth-order valence-electron chi connectivity index (χ4n) is 4.17. The van der Waals surface area contributed by atoms with E-state index in [-0.39, 0.29) is 0 Å². The first-order valence-electron chi connectivity index (χ1n) is 9.32. The van der Waals surface area contributed by atoms with Crippen LogP contribution in [0, 0.1) is 0 Å². The van der Waals surface area contributed by atoms with E-state index in [9.17, 15) is 0 Å². The zero-order chi connectivity index (χ0) is 17.1. The Bertz CT molecular complexity index is 469. The van der Waals surface area contributed by atoms with Gasteiger partial charge in [-0.25, -0.2) is 0 Å². The molecular weight excluding hydrogens is 300 g/mol. The third-order valence-electron chi connectivity index (χ3n) is 4.90. The molecule has 0 aliphatic carbocycles. The monoisotopic (exact) mass is 332 g/mol. The van der Waals surface area contributed by atoms with E-state index in [1.54, 1.807) is 0 Å². The molecule has 3 rings (SSSR count). The Morgan fingerprint density at radius 1 is 0.708 bits per heavy atom. The van der Waals surface area contributed by atoms with Gasteiger partial charge in [0, 0.05) is 39.3 Å². The van der Waals surface area contributed by atoms with Crippen LogP contribution in [-0.4, -0.2) is 60.4 Å². The van der Waals surface area contributed by atoms with Gasteiger partial charge in [-0.3, -0.25) is 9.80 Å². The first kappa shape index (κ1) is 17.9. The van der Waals surface area contributed by atoms with Gasteiger partial charge in [-0.1, -0.05) is 24.3 Å². The van der Waals surface area contributed by atoms with E-state index in [0.29, 0.717) is 24.4 Å². The van der Waals surface area contributed by atoms with Crippen LogP contribution in [0.1, 0.15) is 38.8 Å². The van der Waals surface area contributed by atoms with Crippen molar-refractivity contribution in [3.8, 4) is 0 Å². The smallest absolute Gasteiger partial charge is 0.0678 e. The molecule has 0 saturated carbocycles. The third-order valence-corrected chi connectivity index (χ3v) is 4.90.